The number of hydrogen-bond acceptors (Lipinski definition) is 7. The predicted molar refractivity (Wildman–Crippen MR) is 134 cm³/mol. The molecule has 1 aliphatic heterocycles. The molecular weight excluding hydrogens is 440 g/mol. The van der Waals surface area contributed by atoms with E-state index in [1.807, 2.05) is 25.1 Å². The first kappa shape index (κ1) is 23.8. The molecule has 1 unspecified atom stereocenters. The third-order valence-electron chi connectivity index (χ3n) is 6.59. The Bertz CT molecular complexity index is 864. The molecule has 1 saturated carbocycles. The smallest absolute Gasteiger partial charge is 0.216 e. The first-order valence-electron chi connectivity index (χ1n) is 11.9. The molecule has 176 valence electrons. The lowest BCUT2D eigenvalue weighted by Gasteiger charge is -2.24. The Hall–Kier alpha value is -1.32. The maximum atomic E-state index is 13.1. The van der Waals surface area contributed by atoms with Crippen LogP contribution in [-0.2, 0) is 11.4 Å². The van der Waals surface area contributed by atoms with Gasteiger partial charge < -0.3 is 19.9 Å². The summed E-state index contributed by atoms with van der Waals surface area (Å²) < 4.78 is 22.0. The lowest BCUT2D eigenvalue weighted by Crippen LogP contribution is -2.42. The van der Waals surface area contributed by atoms with Crippen molar-refractivity contribution in [1.29, 1.82) is 0 Å². The number of benzene rings is 1. The summed E-state index contributed by atoms with van der Waals surface area (Å²) in [6.45, 7) is 4.95. The Morgan fingerprint density at radius 3 is 2.72 bits per heavy atom. The third kappa shape index (κ3) is 6.17. The van der Waals surface area contributed by atoms with Gasteiger partial charge in [0.1, 0.15) is 0 Å². The van der Waals surface area contributed by atoms with E-state index in [4.69, 9.17) is 9.72 Å². The molecular formula is C24H36N4O2S2. The van der Waals surface area contributed by atoms with Gasteiger partial charge in [-0.25, -0.2) is 4.98 Å². The highest BCUT2D eigenvalue weighted by atomic mass is 32.2. The van der Waals surface area contributed by atoms with Gasteiger partial charge in [0, 0.05) is 12.6 Å². The molecule has 1 atom stereocenters. The van der Waals surface area contributed by atoms with Gasteiger partial charge in [0.05, 0.1) is 35.1 Å². The zero-order valence-corrected chi connectivity index (χ0v) is 20.9. The molecule has 0 bridgehead atoms. The van der Waals surface area contributed by atoms with Crippen molar-refractivity contribution in [2.24, 2.45) is 5.92 Å². The molecule has 8 heteroatoms. The number of piperidine rings is 1. The first-order chi connectivity index (χ1) is 15.6. The van der Waals surface area contributed by atoms with Crippen molar-refractivity contribution < 1.29 is 9.29 Å². The van der Waals surface area contributed by atoms with E-state index in [0.717, 1.165) is 59.7 Å². The van der Waals surface area contributed by atoms with E-state index < -0.39 is 11.4 Å². The number of ether oxygens (including phenoxy) is 1. The van der Waals surface area contributed by atoms with Crippen LogP contribution in [0.4, 0.5) is 5.13 Å². The quantitative estimate of drug-likeness (QED) is 0.448. The highest BCUT2D eigenvalue weighted by Crippen LogP contribution is 2.37. The Morgan fingerprint density at radius 2 is 1.97 bits per heavy atom. The molecule has 2 fully saturated rings. The van der Waals surface area contributed by atoms with Crippen LogP contribution in [0.1, 0.15) is 57.1 Å². The van der Waals surface area contributed by atoms with Crippen molar-refractivity contribution in [1.82, 2.24) is 15.0 Å². The number of rotatable bonds is 9. The van der Waals surface area contributed by atoms with Crippen LogP contribution >= 0.6 is 11.3 Å². The van der Waals surface area contributed by atoms with E-state index in [1.54, 1.807) is 18.4 Å². The highest BCUT2D eigenvalue weighted by molar-refractivity contribution is 7.89. The number of nitrogens with one attached hydrogen (secondary N) is 3. The van der Waals surface area contributed by atoms with Gasteiger partial charge >= 0.3 is 0 Å². The minimum absolute atomic E-state index is 0.260. The van der Waals surface area contributed by atoms with Crippen LogP contribution in [0.2, 0.25) is 0 Å². The molecule has 4 rings (SSSR count). The second kappa shape index (κ2) is 11.7. The number of aromatic nitrogens is 1. The zero-order chi connectivity index (χ0) is 22.3. The summed E-state index contributed by atoms with van der Waals surface area (Å²) in [6.07, 6.45) is 10.1. The number of hydrogen-bond donors (Lipinski definition) is 3. The monoisotopic (exact) mass is 476 g/mol. The predicted octanol–water partition coefficient (Wildman–Crippen LogP) is 4.87. The molecule has 0 radical (unpaired) electrons. The maximum absolute atomic E-state index is 13.1. The second-order valence-corrected chi connectivity index (χ2v) is 11.1. The van der Waals surface area contributed by atoms with E-state index in [2.05, 4.69) is 15.4 Å². The topological polar surface area (TPSA) is 81.3 Å². The molecule has 32 heavy (non-hydrogen) atoms. The summed E-state index contributed by atoms with van der Waals surface area (Å²) >= 11 is 0.360. The van der Waals surface area contributed by atoms with Crippen LogP contribution in [-0.4, -0.2) is 42.3 Å². The molecule has 3 N–H and O–H groups in total. The minimum Gasteiger partial charge on any atom is -0.593 e. The molecule has 1 aliphatic carbocycles. The number of anilines is 1. The van der Waals surface area contributed by atoms with Crippen LogP contribution in [0, 0.1) is 12.8 Å². The standard InChI is InChI=1S/C24H36N4O2S2/c1-17-23(31-24(27-17)26-15-10-18-6-4-3-5-7-18)19-8-9-21(30-2)22(16-19)32(29)28-20-11-13-25-14-12-20/h8-9,16,18,20,25,28H,3-7,10-15H2,1-2H3,(H,26,27). The van der Waals surface area contributed by atoms with E-state index in [1.165, 1.54) is 38.5 Å². The summed E-state index contributed by atoms with van der Waals surface area (Å²) in [5, 5.41) is 7.86. The first-order valence-corrected chi connectivity index (χ1v) is 13.9. The Kier molecular flexibility index (Phi) is 8.71. The summed E-state index contributed by atoms with van der Waals surface area (Å²) in [5.74, 6) is 1.52. The molecule has 0 spiro atoms. The van der Waals surface area contributed by atoms with Gasteiger partial charge in [0.25, 0.3) is 0 Å². The Morgan fingerprint density at radius 1 is 1.19 bits per heavy atom. The van der Waals surface area contributed by atoms with Crippen molar-refractivity contribution >= 4 is 27.8 Å². The minimum atomic E-state index is -1.32. The van der Waals surface area contributed by atoms with Gasteiger partial charge in [-0.2, -0.15) is 0 Å². The third-order valence-corrected chi connectivity index (χ3v) is 9.02. The molecule has 6 nitrogen and oxygen atoms in total. The zero-order valence-electron chi connectivity index (χ0n) is 19.2. The summed E-state index contributed by atoms with van der Waals surface area (Å²) in [6, 6.07) is 6.21. The Balaban J connectivity index is 1.43. The molecule has 1 aromatic carbocycles. The average molecular weight is 477 g/mol. The van der Waals surface area contributed by atoms with Crippen LogP contribution in [0.15, 0.2) is 23.1 Å². The SMILES string of the molecule is COc1ccc(-c2sc(NCCC3CCCCC3)nc2C)cc1[S+]([O-])NC1CCNCC1. The van der Waals surface area contributed by atoms with Gasteiger partial charge in [-0.15, -0.1) is 4.72 Å². The second-order valence-electron chi connectivity index (χ2n) is 8.93. The van der Waals surface area contributed by atoms with Crippen molar-refractivity contribution in [2.45, 2.75) is 69.2 Å². The summed E-state index contributed by atoms with van der Waals surface area (Å²) in [5.41, 5.74) is 2.04. The lowest BCUT2D eigenvalue weighted by molar-refractivity contribution is 0.345. The fraction of sp³-hybridized carbons (Fsp3) is 0.625. The molecule has 0 amide bonds. The average Bonchev–Trinajstić information content (AvgIpc) is 3.20. The maximum Gasteiger partial charge on any atom is 0.216 e. The van der Waals surface area contributed by atoms with Crippen LogP contribution < -0.4 is 20.1 Å². The van der Waals surface area contributed by atoms with Crippen LogP contribution in [0.5, 0.6) is 5.75 Å². The number of aryl methyl sites for hydroxylation is 1. The fourth-order valence-corrected chi connectivity index (χ4v) is 6.94. The largest absolute Gasteiger partial charge is 0.593 e. The molecule has 2 aromatic rings. The highest BCUT2D eigenvalue weighted by Gasteiger charge is 2.25. The van der Waals surface area contributed by atoms with Crippen molar-refractivity contribution in [2.75, 3.05) is 32.1 Å². The van der Waals surface area contributed by atoms with Crippen molar-refractivity contribution in [3.8, 4) is 16.2 Å². The van der Waals surface area contributed by atoms with Gasteiger partial charge in [-0.3, -0.25) is 0 Å². The Labute approximate surface area is 199 Å². The molecule has 2 aliphatic rings. The van der Waals surface area contributed by atoms with Crippen LogP contribution in [0.25, 0.3) is 10.4 Å². The molecule has 2 heterocycles. The van der Waals surface area contributed by atoms with Crippen molar-refractivity contribution in [3.05, 3.63) is 23.9 Å². The van der Waals surface area contributed by atoms with Crippen LogP contribution in [0.3, 0.4) is 0 Å². The lowest BCUT2D eigenvalue weighted by atomic mass is 9.87. The fourth-order valence-electron chi connectivity index (χ4n) is 4.72. The number of methoxy groups -OCH3 is 1. The molecule has 1 saturated heterocycles. The summed E-state index contributed by atoms with van der Waals surface area (Å²) in [7, 11) is 1.63. The van der Waals surface area contributed by atoms with Crippen molar-refractivity contribution in [3.63, 3.8) is 0 Å². The van der Waals surface area contributed by atoms with Gasteiger partial charge in [0.2, 0.25) is 4.90 Å². The van der Waals surface area contributed by atoms with Gasteiger partial charge in [-0.05, 0) is 62.9 Å². The molecule has 1 aromatic heterocycles. The van der Waals surface area contributed by atoms with E-state index >= 15 is 0 Å². The van der Waals surface area contributed by atoms with E-state index in [9.17, 15) is 4.55 Å². The number of nitrogens with zero attached hydrogens (tertiary/aromatic N) is 1. The summed E-state index contributed by atoms with van der Waals surface area (Å²) in [4.78, 5) is 6.57. The van der Waals surface area contributed by atoms with Gasteiger partial charge in [-0.1, -0.05) is 43.4 Å². The number of thiazole rings is 1. The van der Waals surface area contributed by atoms with Gasteiger partial charge in [0.15, 0.2) is 10.9 Å². The van der Waals surface area contributed by atoms with E-state index in [-0.39, 0.29) is 6.04 Å². The van der Waals surface area contributed by atoms with E-state index in [0.29, 0.717) is 10.6 Å². The normalized spacial score (nSPS) is 19.1.